The minimum Gasteiger partial charge on any atom is -0.395 e. The third-order valence-corrected chi connectivity index (χ3v) is 4.20. The Morgan fingerprint density at radius 2 is 2.36 bits per heavy atom. The number of amides is 1. The van der Waals surface area contributed by atoms with E-state index in [4.69, 9.17) is 9.84 Å². The number of hydrogen-bond donors (Lipinski definition) is 1. The van der Waals surface area contributed by atoms with Gasteiger partial charge in [-0.25, -0.2) is 4.68 Å². The molecule has 1 atom stereocenters. The highest BCUT2D eigenvalue weighted by atomic mass is 16.5. The van der Waals surface area contributed by atoms with Crippen LogP contribution in [0.25, 0.3) is 5.69 Å². The Hall–Kier alpha value is -2.36. The molecule has 9 nitrogen and oxygen atoms in total. The van der Waals surface area contributed by atoms with Crippen LogP contribution in [0.4, 0.5) is 0 Å². The topological polar surface area (TPSA) is 96.6 Å². The average molecular weight is 346 g/mol. The lowest BCUT2D eigenvalue weighted by molar-refractivity contribution is -0.0109. The van der Waals surface area contributed by atoms with Crippen LogP contribution in [-0.4, -0.2) is 93.6 Å². The van der Waals surface area contributed by atoms with Crippen LogP contribution in [0.3, 0.4) is 0 Å². The number of carbonyl (C=O) groups is 1. The zero-order chi connectivity index (χ0) is 17.6. The summed E-state index contributed by atoms with van der Waals surface area (Å²) in [5, 5.41) is 20.2. The number of aromatic nitrogens is 4. The molecule has 0 saturated carbocycles. The molecule has 1 amide bonds. The average Bonchev–Trinajstić information content (AvgIpc) is 3.17. The standard InChI is InChI=1S/C16H22N6O3/c1-20(5-7-23)10-15-11-25-8-6-21(15)16(24)13-3-2-4-14(9-13)22-12-17-18-19-22/h2-4,9,12,15,23H,5-8,10-11H2,1H3. The Labute approximate surface area is 145 Å². The van der Waals surface area contributed by atoms with Gasteiger partial charge in [0.15, 0.2) is 0 Å². The maximum atomic E-state index is 13.0. The second-order valence-corrected chi connectivity index (χ2v) is 6.02. The lowest BCUT2D eigenvalue weighted by Gasteiger charge is -2.37. The second-order valence-electron chi connectivity index (χ2n) is 6.02. The number of hydrogen-bond acceptors (Lipinski definition) is 7. The molecule has 1 aromatic carbocycles. The molecule has 1 N–H and O–H groups in total. The highest BCUT2D eigenvalue weighted by Crippen LogP contribution is 2.16. The number of carbonyl (C=O) groups excluding carboxylic acids is 1. The molecule has 1 saturated heterocycles. The smallest absolute Gasteiger partial charge is 0.254 e. The Bertz CT molecular complexity index is 693. The van der Waals surface area contributed by atoms with Crippen molar-refractivity contribution in [2.45, 2.75) is 6.04 Å². The van der Waals surface area contributed by atoms with Gasteiger partial charge in [0.2, 0.25) is 0 Å². The van der Waals surface area contributed by atoms with Crippen LogP contribution in [0.5, 0.6) is 0 Å². The van der Waals surface area contributed by atoms with Crippen LogP contribution in [0.15, 0.2) is 30.6 Å². The number of aliphatic hydroxyl groups excluding tert-OH is 1. The van der Waals surface area contributed by atoms with Crippen LogP contribution in [0.1, 0.15) is 10.4 Å². The monoisotopic (exact) mass is 346 g/mol. The summed E-state index contributed by atoms with van der Waals surface area (Å²) in [7, 11) is 1.92. The van der Waals surface area contributed by atoms with E-state index in [1.165, 1.54) is 11.0 Å². The molecule has 0 radical (unpaired) electrons. The van der Waals surface area contributed by atoms with E-state index in [9.17, 15) is 4.79 Å². The van der Waals surface area contributed by atoms with Gasteiger partial charge in [0.25, 0.3) is 5.91 Å². The number of rotatable bonds is 6. The fraction of sp³-hybridized carbons (Fsp3) is 0.500. The molecule has 134 valence electrons. The first-order valence-electron chi connectivity index (χ1n) is 8.20. The van der Waals surface area contributed by atoms with Crippen molar-refractivity contribution in [3.8, 4) is 5.69 Å². The summed E-state index contributed by atoms with van der Waals surface area (Å²) in [5.41, 5.74) is 1.32. The Morgan fingerprint density at radius 1 is 1.48 bits per heavy atom. The van der Waals surface area contributed by atoms with Gasteiger partial charge in [0, 0.05) is 25.2 Å². The van der Waals surface area contributed by atoms with Gasteiger partial charge >= 0.3 is 0 Å². The molecule has 0 aliphatic carbocycles. The summed E-state index contributed by atoms with van der Waals surface area (Å²) >= 11 is 0. The van der Waals surface area contributed by atoms with E-state index in [2.05, 4.69) is 15.5 Å². The van der Waals surface area contributed by atoms with Crippen LogP contribution >= 0.6 is 0 Å². The second kappa shape index (κ2) is 8.15. The van der Waals surface area contributed by atoms with Crippen molar-refractivity contribution in [2.24, 2.45) is 0 Å². The first-order chi connectivity index (χ1) is 12.2. The Morgan fingerprint density at radius 3 is 3.12 bits per heavy atom. The minimum absolute atomic E-state index is 0.0411. The van der Waals surface area contributed by atoms with Crippen molar-refractivity contribution < 1.29 is 14.6 Å². The maximum absolute atomic E-state index is 13.0. The molecule has 3 rings (SSSR count). The molecule has 9 heteroatoms. The fourth-order valence-electron chi connectivity index (χ4n) is 2.92. The van der Waals surface area contributed by atoms with Crippen molar-refractivity contribution in [1.82, 2.24) is 30.0 Å². The quantitative estimate of drug-likeness (QED) is 0.748. The minimum atomic E-state index is -0.0468. The number of ether oxygens (including phenoxy) is 1. The predicted molar refractivity (Wildman–Crippen MR) is 89.4 cm³/mol. The number of likely N-dealkylation sites (N-methyl/N-ethyl adjacent to an activating group) is 1. The highest BCUT2D eigenvalue weighted by Gasteiger charge is 2.29. The third-order valence-electron chi connectivity index (χ3n) is 4.20. The molecule has 0 bridgehead atoms. The van der Waals surface area contributed by atoms with Crippen LogP contribution in [-0.2, 0) is 4.74 Å². The van der Waals surface area contributed by atoms with Crippen molar-refractivity contribution in [1.29, 1.82) is 0 Å². The van der Waals surface area contributed by atoms with Gasteiger partial charge in [-0.05, 0) is 35.7 Å². The summed E-state index contributed by atoms with van der Waals surface area (Å²) in [4.78, 5) is 16.9. The first-order valence-corrected chi connectivity index (χ1v) is 8.20. The Kier molecular flexibility index (Phi) is 5.69. The molecule has 1 aliphatic rings. The summed E-state index contributed by atoms with van der Waals surface area (Å²) in [6.07, 6.45) is 1.49. The summed E-state index contributed by atoms with van der Waals surface area (Å²) < 4.78 is 7.06. The normalized spacial score (nSPS) is 17.9. The van der Waals surface area contributed by atoms with Crippen molar-refractivity contribution in [3.05, 3.63) is 36.2 Å². The molecule has 1 fully saturated rings. The number of morpholine rings is 1. The van der Waals surface area contributed by atoms with E-state index in [1.807, 2.05) is 29.0 Å². The SMILES string of the molecule is CN(CCO)CC1COCCN1C(=O)c1cccc(-n2cnnn2)c1. The van der Waals surface area contributed by atoms with E-state index in [1.54, 1.807) is 12.1 Å². The molecule has 0 spiro atoms. The van der Waals surface area contributed by atoms with Crippen LogP contribution < -0.4 is 0 Å². The van der Waals surface area contributed by atoms with E-state index >= 15 is 0 Å². The van der Waals surface area contributed by atoms with Gasteiger partial charge in [-0.3, -0.25) is 4.79 Å². The zero-order valence-electron chi connectivity index (χ0n) is 14.2. The molecule has 1 unspecified atom stereocenters. The number of tetrazole rings is 1. The first kappa shape index (κ1) is 17.5. The summed E-state index contributed by atoms with van der Waals surface area (Å²) in [5.74, 6) is -0.0411. The molecule has 1 aromatic heterocycles. The van der Waals surface area contributed by atoms with Crippen molar-refractivity contribution in [3.63, 3.8) is 0 Å². The van der Waals surface area contributed by atoms with Gasteiger partial charge < -0.3 is 19.6 Å². The van der Waals surface area contributed by atoms with Gasteiger partial charge in [0.05, 0.1) is 31.5 Å². The predicted octanol–water partition coefficient (Wildman–Crippen LogP) is -0.573. The molecular formula is C16H22N6O3. The maximum Gasteiger partial charge on any atom is 0.254 e. The van der Waals surface area contributed by atoms with E-state index in [0.29, 0.717) is 38.4 Å². The fourth-order valence-corrected chi connectivity index (χ4v) is 2.92. The number of nitrogens with zero attached hydrogens (tertiary/aromatic N) is 6. The molecule has 2 aromatic rings. The number of benzene rings is 1. The molecule has 25 heavy (non-hydrogen) atoms. The van der Waals surface area contributed by atoms with Gasteiger partial charge in [-0.1, -0.05) is 6.07 Å². The highest BCUT2D eigenvalue weighted by molar-refractivity contribution is 5.95. The third kappa shape index (κ3) is 4.19. The van der Waals surface area contributed by atoms with E-state index < -0.39 is 0 Å². The summed E-state index contributed by atoms with van der Waals surface area (Å²) in [6.45, 7) is 2.87. The molecular weight excluding hydrogens is 324 g/mol. The van der Waals surface area contributed by atoms with Crippen molar-refractivity contribution in [2.75, 3.05) is 46.5 Å². The van der Waals surface area contributed by atoms with E-state index in [0.717, 1.165) is 5.69 Å². The van der Waals surface area contributed by atoms with E-state index in [-0.39, 0.29) is 18.6 Å². The van der Waals surface area contributed by atoms with Crippen LogP contribution in [0.2, 0.25) is 0 Å². The van der Waals surface area contributed by atoms with Crippen molar-refractivity contribution >= 4 is 5.91 Å². The largest absolute Gasteiger partial charge is 0.395 e. The molecule has 2 heterocycles. The lowest BCUT2D eigenvalue weighted by atomic mass is 10.1. The molecule has 1 aliphatic heterocycles. The van der Waals surface area contributed by atoms with Crippen LogP contribution in [0, 0.1) is 0 Å². The Balaban J connectivity index is 1.77. The lowest BCUT2D eigenvalue weighted by Crippen LogP contribution is -2.53. The number of aliphatic hydroxyl groups is 1. The zero-order valence-corrected chi connectivity index (χ0v) is 14.2. The summed E-state index contributed by atoms with van der Waals surface area (Å²) in [6, 6.07) is 7.19. The van der Waals surface area contributed by atoms with Gasteiger partial charge in [0.1, 0.15) is 6.33 Å². The van der Waals surface area contributed by atoms with Gasteiger partial charge in [-0.15, -0.1) is 5.10 Å². The van der Waals surface area contributed by atoms with Gasteiger partial charge in [-0.2, -0.15) is 0 Å².